The number of ether oxygens (including phenoxy) is 1. The summed E-state index contributed by atoms with van der Waals surface area (Å²) in [6, 6.07) is 14.3. The van der Waals surface area contributed by atoms with Gasteiger partial charge in [0, 0.05) is 47.2 Å². The van der Waals surface area contributed by atoms with Crippen LogP contribution in [-0.2, 0) is 21.6 Å². The Bertz CT molecular complexity index is 1890. The van der Waals surface area contributed by atoms with E-state index < -0.39 is 17.3 Å². The first-order chi connectivity index (χ1) is 21.2. The summed E-state index contributed by atoms with van der Waals surface area (Å²) in [5.41, 5.74) is 3.52. The largest absolute Gasteiger partial charge is 0.462 e. The third kappa shape index (κ3) is 4.29. The second-order valence-electron chi connectivity index (χ2n) is 12.5. The van der Waals surface area contributed by atoms with E-state index in [-0.39, 0.29) is 42.9 Å². The van der Waals surface area contributed by atoms with E-state index in [1.54, 1.807) is 43.3 Å². The molecule has 1 amide bonds. The van der Waals surface area contributed by atoms with Crippen LogP contribution in [0.15, 0.2) is 48.5 Å². The number of hydrogen-bond donors (Lipinski definition) is 1. The van der Waals surface area contributed by atoms with Crippen molar-refractivity contribution < 1.29 is 18.7 Å². The Labute approximate surface area is 271 Å². The van der Waals surface area contributed by atoms with E-state index in [0.717, 1.165) is 48.3 Å². The van der Waals surface area contributed by atoms with Crippen LogP contribution in [0.25, 0.3) is 11.0 Å². The Balaban J connectivity index is 0.00000325. The summed E-state index contributed by atoms with van der Waals surface area (Å²) in [6.07, 6.45) is 2.96. The molecule has 1 N–H and O–H groups in total. The molecule has 0 unspecified atom stereocenters. The molecule has 45 heavy (non-hydrogen) atoms. The Hall–Kier alpha value is -3.46. The number of hydrogen-bond acceptors (Lipinski definition) is 5. The third-order valence-corrected chi connectivity index (χ3v) is 10.6. The first-order valence-electron chi connectivity index (χ1n) is 15.2. The molecule has 0 radical (unpaired) electrons. The Morgan fingerprint density at radius 1 is 1.16 bits per heavy atom. The molecular weight excluding hydrogens is 614 g/mol. The van der Waals surface area contributed by atoms with E-state index in [1.165, 1.54) is 0 Å². The van der Waals surface area contributed by atoms with Crippen molar-refractivity contribution >= 4 is 51.8 Å². The maximum absolute atomic E-state index is 16.3. The molecule has 7 nitrogen and oxygen atoms in total. The van der Waals surface area contributed by atoms with Gasteiger partial charge in [-0.05, 0) is 80.5 Å². The zero-order valence-electron chi connectivity index (χ0n) is 24.4. The normalized spacial score (nSPS) is 25.1. The van der Waals surface area contributed by atoms with Crippen molar-refractivity contribution in [1.29, 1.82) is 0 Å². The van der Waals surface area contributed by atoms with Crippen LogP contribution in [0.5, 0.6) is 0 Å². The fourth-order valence-corrected chi connectivity index (χ4v) is 8.52. The van der Waals surface area contributed by atoms with Crippen molar-refractivity contribution in [3.05, 3.63) is 92.5 Å². The monoisotopic (exact) mass is 648 g/mol. The summed E-state index contributed by atoms with van der Waals surface area (Å²) in [4.78, 5) is 34.9. The van der Waals surface area contributed by atoms with Crippen molar-refractivity contribution in [3.63, 3.8) is 0 Å². The molecular formula is C35H35Cl2FN4O3. The van der Waals surface area contributed by atoms with E-state index in [1.807, 2.05) is 19.1 Å². The van der Waals surface area contributed by atoms with E-state index in [9.17, 15) is 9.59 Å². The van der Waals surface area contributed by atoms with Crippen LogP contribution in [0, 0.1) is 18.7 Å². The number of carbonyl (C=O) groups excluding carboxylic acids is 2. The highest BCUT2D eigenvalue weighted by Crippen LogP contribution is 2.64. The highest BCUT2D eigenvalue weighted by molar-refractivity contribution is 6.31. The number of anilines is 1. The molecule has 1 spiro atoms. The topological polar surface area (TPSA) is 76.5 Å². The van der Waals surface area contributed by atoms with Crippen LogP contribution in [0.4, 0.5) is 10.1 Å². The number of esters is 1. The first kappa shape index (κ1) is 30.2. The first-order valence-corrected chi connectivity index (χ1v) is 16.0. The number of fused-ring (bicyclic) bond motifs is 7. The van der Waals surface area contributed by atoms with Gasteiger partial charge in [-0.15, -0.1) is 0 Å². The lowest BCUT2D eigenvalue weighted by Crippen LogP contribution is -2.53. The molecule has 0 bridgehead atoms. The van der Waals surface area contributed by atoms with Crippen molar-refractivity contribution in [2.75, 3.05) is 18.5 Å². The van der Waals surface area contributed by atoms with Gasteiger partial charge in [0.1, 0.15) is 17.2 Å². The minimum Gasteiger partial charge on any atom is -0.462 e. The molecule has 3 aliphatic heterocycles. The number of rotatable bonds is 5. The molecule has 1 aliphatic carbocycles. The smallest absolute Gasteiger partial charge is 0.338 e. The van der Waals surface area contributed by atoms with E-state index in [4.69, 9.17) is 32.9 Å². The zero-order valence-corrected chi connectivity index (χ0v) is 25.9. The summed E-state index contributed by atoms with van der Waals surface area (Å²) in [5, 5.41) is 3.66. The van der Waals surface area contributed by atoms with Gasteiger partial charge in [0.15, 0.2) is 0 Å². The number of imidazole rings is 1. The van der Waals surface area contributed by atoms with Crippen LogP contribution >= 0.6 is 23.2 Å². The minimum absolute atomic E-state index is 0. The predicted octanol–water partition coefficient (Wildman–Crippen LogP) is 7.82. The maximum Gasteiger partial charge on any atom is 0.338 e. The SMILES string of the molecule is C.CCOC(=O)c1cc2nc3n(c2cc1C)CC[C@H]1[C@@H]3[C@H](c2cccc(Cl)c2F)[C@]2(C(=O)Nc3cc(Cl)ccc32)N1CC1CC1. The van der Waals surface area contributed by atoms with Crippen molar-refractivity contribution in [3.8, 4) is 0 Å². The van der Waals surface area contributed by atoms with Gasteiger partial charge >= 0.3 is 5.97 Å². The lowest BCUT2D eigenvalue weighted by molar-refractivity contribution is -0.128. The van der Waals surface area contributed by atoms with E-state index >= 15 is 4.39 Å². The standard InChI is InChI=1S/C34H31Cl2FN4O3.CH4/c1-3-44-32(42)21-15-25-27(13-17(21)2)40-12-11-26-28(31(40)38-25)29(20-5-4-6-23(36)30(20)37)34(41(26)16-18-7-8-18)22-10-9-19(35)14-24(22)39-33(34)43;/h4-6,9-10,13-15,18,26,28-29H,3,7-8,11-12,16H2,1-2H3,(H,39,43);1H4/t26-,28+,29-,34+;/m0./s1. The molecule has 4 aliphatic rings. The number of likely N-dealkylation sites (tertiary alicyclic amines) is 1. The highest BCUT2D eigenvalue weighted by Gasteiger charge is 2.69. The number of aryl methyl sites for hydroxylation is 2. The molecule has 4 aromatic rings. The highest BCUT2D eigenvalue weighted by atomic mass is 35.5. The molecule has 1 saturated heterocycles. The molecule has 234 valence electrons. The Kier molecular flexibility index (Phi) is 7.26. The van der Waals surface area contributed by atoms with E-state index in [2.05, 4.69) is 14.8 Å². The van der Waals surface area contributed by atoms with Gasteiger partial charge < -0.3 is 14.6 Å². The quantitative estimate of drug-likeness (QED) is 0.223. The fourth-order valence-electron chi connectivity index (χ4n) is 8.17. The van der Waals surface area contributed by atoms with Crippen LogP contribution in [-0.4, -0.2) is 45.5 Å². The molecule has 8 rings (SSSR count). The number of nitrogens with one attached hydrogen (secondary N) is 1. The second kappa shape index (κ2) is 10.8. The lowest BCUT2D eigenvalue weighted by Gasteiger charge is -2.40. The molecule has 4 heterocycles. The van der Waals surface area contributed by atoms with Crippen molar-refractivity contribution in [2.45, 2.75) is 70.5 Å². The Morgan fingerprint density at radius 3 is 2.71 bits per heavy atom. The molecule has 2 fully saturated rings. The molecule has 1 aromatic heterocycles. The predicted molar refractivity (Wildman–Crippen MR) is 174 cm³/mol. The summed E-state index contributed by atoms with van der Waals surface area (Å²) in [5.74, 6) is -0.797. The van der Waals surface area contributed by atoms with Gasteiger partial charge in [-0.2, -0.15) is 0 Å². The Morgan fingerprint density at radius 2 is 1.96 bits per heavy atom. The van der Waals surface area contributed by atoms with Gasteiger partial charge in [0.2, 0.25) is 5.91 Å². The van der Waals surface area contributed by atoms with Crippen LogP contribution < -0.4 is 5.32 Å². The maximum atomic E-state index is 16.3. The second-order valence-corrected chi connectivity index (χ2v) is 13.4. The fraction of sp³-hybridized carbons (Fsp3) is 0.400. The van der Waals surface area contributed by atoms with Gasteiger partial charge in [-0.3, -0.25) is 9.69 Å². The number of carbonyl (C=O) groups is 2. The number of nitrogens with zero attached hydrogens (tertiary/aromatic N) is 3. The zero-order chi connectivity index (χ0) is 30.5. The van der Waals surface area contributed by atoms with Gasteiger partial charge in [0.05, 0.1) is 28.2 Å². The summed E-state index contributed by atoms with van der Waals surface area (Å²) in [7, 11) is 0. The van der Waals surface area contributed by atoms with Crippen LogP contribution in [0.1, 0.15) is 78.3 Å². The average Bonchev–Trinajstić information content (AvgIpc) is 3.59. The van der Waals surface area contributed by atoms with Crippen molar-refractivity contribution in [2.24, 2.45) is 5.92 Å². The minimum atomic E-state index is -1.19. The summed E-state index contributed by atoms with van der Waals surface area (Å²) in [6.45, 7) is 5.36. The average molecular weight is 650 g/mol. The van der Waals surface area contributed by atoms with Crippen LogP contribution in [0.3, 0.4) is 0 Å². The molecule has 10 heteroatoms. The van der Waals surface area contributed by atoms with Gasteiger partial charge in [-0.1, -0.05) is 48.8 Å². The van der Waals surface area contributed by atoms with Gasteiger partial charge in [0.25, 0.3) is 0 Å². The summed E-state index contributed by atoms with van der Waals surface area (Å²) < 4.78 is 23.8. The molecule has 1 saturated carbocycles. The lowest BCUT2D eigenvalue weighted by atomic mass is 9.70. The molecule has 4 atom stereocenters. The van der Waals surface area contributed by atoms with Crippen LogP contribution in [0.2, 0.25) is 10.0 Å². The number of amides is 1. The number of benzene rings is 3. The summed E-state index contributed by atoms with van der Waals surface area (Å²) >= 11 is 12.8. The number of aromatic nitrogens is 2. The van der Waals surface area contributed by atoms with Gasteiger partial charge in [-0.25, -0.2) is 14.2 Å². The third-order valence-electron chi connectivity index (χ3n) is 10.1. The molecule has 3 aromatic carbocycles. The number of halogens is 3. The van der Waals surface area contributed by atoms with Crippen molar-refractivity contribution in [1.82, 2.24) is 14.5 Å². The van der Waals surface area contributed by atoms with E-state index in [0.29, 0.717) is 39.8 Å².